The molecule has 1 aliphatic rings. The third-order valence-corrected chi connectivity index (χ3v) is 8.28. The second kappa shape index (κ2) is 17.6. The van der Waals surface area contributed by atoms with Crippen molar-refractivity contribution in [3.05, 3.63) is 119 Å². The van der Waals surface area contributed by atoms with E-state index >= 15 is 0 Å². The average molecular weight is 745 g/mol. The lowest BCUT2D eigenvalue weighted by Gasteiger charge is -2.30. The topological polar surface area (TPSA) is 85.4 Å². The van der Waals surface area contributed by atoms with Crippen molar-refractivity contribution < 1.29 is 45.8 Å². The first-order valence-corrected chi connectivity index (χ1v) is 16.7. The number of amides is 2. The number of aliphatic hydroxyl groups is 1. The fourth-order valence-corrected chi connectivity index (χ4v) is 5.73. The summed E-state index contributed by atoms with van der Waals surface area (Å²) in [6.07, 6.45) is -10.9. The molecule has 0 saturated carbocycles. The fourth-order valence-electron chi connectivity index (χ4n) is 5.73. The lowest BCUT2D eigenvalue weighted by atomic mass is 10.00. The molecule has 8 nitrogen and oxygen atoms in total. The fraction of sp³-hybridized carbons (Fsp3) is 0.333. The molecule has 0 aromatic heterocycles. The van der Waals surface area contributed by atoms with Crippen molar-refractivity contribution in [3.63, 3.8) is 0 Å². The Morgan fingerprint density at radius 3 is 2.15 bits per heavy atom. The van der Waals surface area contributed by atoms with Crippen molar-refractivity contribution in [3.8, 4) is 5.75 Å². The Bertz CT molecular complexity index is 1830. The minimum absolute atomic E-state index is 0.0135. The molecule has 0 fully saturated rings. The number of fused-ring (bicyclic) bond motifs is 1. The number of aliphatic hydroxyl groups excluding tert-OH is 1. The summed E-state index contributed by atoms with van der Waals surface area (Å²) in [7, 11) is 6.27. The number of β-amino-alcohol motifs (C(OH)–C–C–N with tert-alkyl or cyclic N) is 1. The van der Waals surface area contributed by atoms with Gasteiger partial charge in [-0.15, -0.1) is 0 Å². The van der Waals surface area contributed by atoms with Crippen molar-refractivity contribution in [2.24, 2.45) is 5.92 Å². The van der Waals surface area contributed by atoms with Gasteiger partial charge in [0.2, 0.25) is 5.91 Å². The van der Waals surface area contributed by atoms with Gasteiger partial charge in [-0.25, -0.2) is 0 Å². The maximum atomic E-state index is 13.3. The van der Waals surface area contributed by atoms with E-state index in [0.29, 0.717) is 24.7 Å². The number of benzene rings is 4. The van der Waals surface area contributed by atoms with E-state index < -0.39 is 47.3 Å². The van der Waals surface area contributed by atoms with E-state index in [4.69, 9.17) is 4.74 Å². The number of halogens is 6. The molecule has 284 valence electrons. The molecule has 14 heteroatoms. The van der Waals surface area contributed by atoms with Crippen LogP contribution in [0.5, 0.6) is 5.75 Å². The maximum Gasteiger partial charge on any atom is 0.416 e. The number of para-hydroxylation sites is 2. The normalized spacial score (nSPS) is 14.7. The van der Waals surface area contributed by atoms with Gasteiger partial charge in [-0.05, 0) is 79.8 Å². The molecule has 0 unspecified atom stereocenters. The van der Waals surface area contributed by atoms with Crippen LogP contribution >= 0.6 is 0 Å². The van der Waals surface area contributed by atoms with Gasteiger partial charge in [0.1, 0.15) is 0 Å². The molecular weight excluding hydrogens is 702 g/mol. The summed E-state index contributed by atoms with van der Waals surface area (Å²) in [5.41, 5.74) is 0.293. The third-order valence-electron chi connectivity index (χ3n) is 8.28. The summed E-state index contributed by atoms with van der Waals surface area (Å²) < 4.78 is 84.9. The van der Waals surface area contributed by atoms with Crippen LogP contribution in [0.1, 0.15) is 39.5 Å². The van der Waals surface area contributed by atoms with Gasteiger partial charge in [-0.2, -0.15) is 26.3 Å². The van der Waals surface area contributed by atoms with Crippen molar-refractivity contribution >= 4 is 28.9 Å². The van der Waals surface area contributed by atoms with E-state index in [1.54, 1.807) is 6.92 Å². The van der Waals surface area contributed by atoms with Crippen LogP contribution in [0.3, 0.4) is 0 Å². The molecule has 1 heterocycles. The van der Waals surface area contributed by atoms with Gasteiger partial charge in [-0.3, -0.25) is 9.59 Å². The Morgan fingerprint density at radius 2 is 1.55 bits per heavy atom. The van der Waals surface area contributed by atoms with Crippen LogP contribution in [-0.4, -0.2) is 74.2 Å². The monoisotopic (exact) mass is 744 g/mol. The number of anilines is 3. The second-order valence-electron chi connectivity index (χ2n) is 13.0. The van der Waals surface area contributed by atoms with E-state index in [9.17, 15) is 41.0 Å². The molecule has 0 radical (unpaired) electrons. The number of carbonyl (C=O) groups excluding carboxylic acids is 2. The van der Waals surface area contributed by atoms with Crippen LogP contribution in [-0.2, 0) is 30.1 Å². The average Bonchev–Trinajstić information content (AvgIpc) is 3.09. The first-order valence-electron chi connectivity index (χ1n) is 16.7. The van der Waals surface area contributed by atoms with Gasteiger partial charge in [0.15, 0.2) is 5.75 Å². The van der Waals surface area contributed by atoms with Crippen molar-refractivity contribution in [2.45, 2.75) is 32.2 Å². The second-order valence-corrected chi connectivity index (χ2v) is 13.0. The number of ether oxygens (including phenoxy) is 1. The number of rotatable bonds is 9. The van der Waals surface area contributed by atoms with E-state index in [1.807, 2.05) is 6.07 Å². The van der Waals surface area contributed by atoms with Crippen molar-refractivity contribution in [1.82, 2.24) is 9.80 Å². The van der Waals surface area contributed by atoms with Crippen LogP contribution in [0, 0.1) is 5.92 Å². The van der Waals surface area contributed by atoms with E-state index in [-0.39, 0.29) is 42.7 Å². The zero-order valence-electron chi connectivity index (χ0n) is 29.8. The van der Waals surface area contributed by atoms with Gasteiger partial charge in [0.05, 0.1) is 42.0 Å². The molecule has 5 rings (SSSR count). The Kier molecular flexibility index (Phi) is 13.5. The summed E-state index contributed by atoms with van der Waals surface area (Å²) in [5, 5.41) is 11.6. The Morgan fingerprint density at radius 1 is 0.887 bits per heavy atom. The highest BCUT2D eigenvalue weighted by atomic mass is 19.4. The first-order chi connectivity index (χ1) is 25.0. The SMILES string of the molecule is CN(C)Cc1ccc(N(C)c2ccccc2)cc1.C[C@H]1COc2c(NC(=O)Cc3cc(C(F)(F)F)ccc3C(F)(F)F)cccc2C(=O)N(CCO)C1. The Labute approximate surface area is 304 Å². The molecule has 0 saturated heterocycles. The van der Waals surface area contributed by atoms with Crippen LogP contribution in [0.15, 0.2) is 91.0 Å². The molecule has 4 aromatic rings. The van der Waals surface area contributed by atoms with Crippen LogP contribution in [0.2, 0.25) is 0 Å². The Balaban J connectivity index is 0.000000291. The van der Waals surface area contributed by atoms with Crippen LogP contribution in [0.4, 0.5) is 43.4 Å². The van der Waals surface area contributed by atoms with Crippen molar-refractivity contribution in [1.29, 1.82) is 0 Å². The lowest BCUT2D eigenvalue weighted by molar-refractivity contribution is -0.142. The number of alkyl halides is 6. The summed E-state index contributed by atoms with van der Waals surface area (Å²) in [6, 6.07) is 24.2. The van der Waals surface area contributed by atoms with E-state index in [0.717, 1.165) is 6.54 Å². The highest BCUT2D eigenvalue weighted by molar-refractivity contribution is 6.01. The molecule has 1 aliphatic heterocycles. The number of nitrogens with one attached hydrogen (secondary N) is 1. The summed E-state index contributed by atoms with van der Waals surface area (Å²) in [4.78, 5) is 31.3. The number of hydrogen-bond acceptors (Lipinski definition) is 6. The molecule has 0 aliphatic carbocycles. The van der Waals surface area contributed by atoms with E-state index in [2.05, 4.69) is 84.8 Å². The van der Waals surface area contributed by atoms with Crippen LogP contribution in [0.25, 0.3) is 0 Å². The summed E-state index contributed by atoms with van der Waals surface area (Å²) in [6.45, 7) is 3.02. The predicted octanol–water partition coefficient (Wildman–Crippen LogP) is 7.88. The molecule has 4 aromatic carbocycles. The van der Waals surface area contributed by atoms with Gasteiger partial charge >= 0.3 is 12.4 Å². The molecule has 0 bridgehead atoms. The van der Waals surface area contributed by atoms with Gasteiger partial charge in [0.25, 0.3) is 5.91 Å². The predicted molar refractivity (Wildman–Crippen MR) is 191 cm³/mol. The largest absolute Gasteiger partial charge is 0.490 e. The molecule has 0 spiro atoms. The van der Waals surface area contributed by atoms with E-state index in [1.165, 1.54) is 40.0 Å². The Hall–Kier alpha value is -5.08. The minimum atomic E-state index is -4.97. The standard InChI is InChI=1S/C23H22F6N2O4.C16H20N2/c1-13-11-31(7-8-32)21(34)16-3-2-4-18(20(16)35-12-13)30-19(33)10-14-9-15(22(24,25)26)5-6-17(14)23(27,28)29;1-17(2)13-14-9-11-16(12-10-14)18(3)15-7-5-4-6-8-15/h2-6,9,13,32H,7-8,10-12H2,1H3,(H,30,33);4-12H,13H2,1-3H3/t13-;/m1./s1. The number of nitrogens with zero attached hydrogens (tertiary/aromatic N) is 3. The van der Waals surface area contributed by atoms with Gasteiger partial charge in [0, 0.05) is 44.0 Å². The zero-order valence-corrected chi connectivity index (χ0v) is 29.8. The molecule has 1 atom stereocenters. The summed E-state index contributed by atoms with van der Waals surface area (Å²) >= 11 is 0. The molecule has 2 amide bonds. The first kappa shape index (κ1) is 40.7. The minimum Gasteiger partial charge on any atom is -0.490 e. The highest BCUT2D eigenvalue weighted by Crippen LogP contribution is 2.37. The smallest absolute Gasteiger partial charge is 0.416 e. The van der Waals surface area contributed by atoms with Gasteiger partial charge in [-0.1, -0.05) is 43.3 Å². The number of hydrogen-bond donors (Lipinski definition) is 2. The summed E-state index contributed by atoms with van der Waals surface area (Å²) in [5.74, 6) is -1.65. The molecular formula is C39H42F6N4O4. The third kappa shape index (κ3) is 11.2. The lowest BCUT2D eigenvalue weighted by Crippen LogP contribution is -2.40. The van der Waals surface area contributed by atoms with Crippen molar-refractivity contribution in [2.75, 3.05) is 57.7 Å². The molecule has 2 N–H and O–H groups in total. The highest BCUT2D eigenvalue weighted by Gasteiger charge is 2.37. The zero-order chi connectivity index (χ0) is 38.9. The maximum absolute atomic E-state index is 13.3. The van der Waals surface area contributed by atoms with Gasteiger partial charge < -0.3 is 29.9 Å². The number of carbonyl (C=O) groups is 2. The molecule has 53 heavy (non-hydrogen) atoms. The van der Waals surface area contributed by atoms with Crippen LogP contribution < -0.4 is 15.0 Å². The quantitative estimate of drug-likeness (QED) is 0.170.